The average molecular weight is 714 g/mol. The fourth-order valence-corrected chi connectivity index (χ4v) is 5.81. The van der Waals surface area contributed by atoms with E-state index in [1.807, 2.05) is 37.3 Å². The molecule has 2 unspecified atom stereocenters. The number of rotatable bonds is 6. The monoisotopic (exact) mass is 713 g/mol. The topological polar surface area (TPSA) is 206 Å². The molecular formula is C32H37F6N7O5. The van der Waals surface area contributed by atoms with Crippen molar-refractivity contribution in [2.75, 3.05) is 10.6 Å². The van der Waals surface area contributed by atoms with Crippen LogP contribution in [0.15, 0.2) is 53.5 Å². The van der Waals surface area contributed by atoms with Crippen LogP contribution in [0, 0.1) is 6.92 Å². The van der Waals surface area contributed by atoms with E-state index in [2.05, 4.69) is 33.8 Å². The average Bonchev–Trinajstić information content (AvgIpc) is 3.54. The number of anilines is 2. The molecule has 18 heteroatoms. The number of hydrogen-bond donors (Lipinski definition) is 6. The molecule has 1 amide bonds. The number of halogens is 6. The molecule has 0 bridgehead atoms. The molecule has 2 fully saturated rings. The number of carbonyl (C=O) groups excluding carboxylic acids is 1. The molecule has 2 atom stereocenters. The van der Waals surface area contributed by atoms with Crippen LogP contribution in [0.2, 0.25) is 0 Å². The largest absolute Gasteiger partial charge is 0.490 e. The number of aromatic nitrogens is 2. The van der Waals surface area contributed by atoms with Crippen molar-refractivity contribution in [2.24, 2.45) is 16.5 Å². The number of nitrogens with zero attached hydrogens (tertiary/aromatic N) is 3. The maximum absolute atomic E-state index is 13.7. The first-order valence-corrected chi connectivity index (χ1v) is 15.4. The van der Waals surface area contributed by atoms with Gasteiger partial charge in [-0.1, -0.05) is 67.6 Å². The Morgan fingerprint density at radius 2 is 1.42 bits per heavy atom. The summed E-state index contributed by atoms with van der Waals surface area (Å²) < 4.78 is 63.5. The van der Waals surface area contributed by atoms with Gasteiger partial charge in [-0.25, -0.2) is 19.6 Å². The Bertz CT molecular complexity index is 1650. The minimum Gasteiger partial charge on any atom is -0.475 e. The zero-order valence-electron chi connectivity index (χ0n) is 26.8. The van der Waals surface area contributed by atoms with Crippen LogP contribution < -0.4 is 22.1 Å². The summed E-state index contributed by atoms with van der Waals surface area (Å²) in [6.07, 6.45) is -2.42. The Kier molecular flexibility index (Phi) is 13.0. The number of fused-ring (bicyclic) bond motifs is 1. The number of aliphatic carboxylic acids is 2. The third-order valence-corrected chi connectivity index (χ3v) is 8.15. The van der Waals surface area contributed by atoms with Crippen molar-refractivity contribution in [1.82, 2.24) is 9.97 Å². The zero-order valence-corrected chi connectivity index (χ0v) is 26.8. The van der Waals surface area contributed by atoms with Crippen molar-refractivity contribution in [3.8, 4) is 0 Å². The van der Waals surface area contributed by atoms with Crippen LogP contribution in [0.3, 0.4) is 0 Å². The van der Waals surface area contributed by atoms with Gasteiger partial charge in [-0.3, -0.25) is 10.1 Å². The Balaban J connectivity index is 0.000000408. The molecule has 0 spiro atoms. The number of alkyl halides is 6. The molecule has 5 rings (SSSR count). The van der Waals surface area contributed by atoms with Crippen LogP contribution in [-0.2, 0) is 19.8 Å². The van der Waals surface area contributed by atoms with Gasteiger partial charge in [0.2, 0.25) is 11.9 Å². The lowest BCUT2D eigenvalue weighted by Crippen LogP contribution is -2.39. The molecule has 2 aliphatic carbocycles. The molecule has 1 heterocycles. The van der Waals surface area contributed by atoms with Gasteiger partial charge in [0.1, 0.15) is 5.82 Å². The smallest absolute Gasteiger partial charge is 0.475 e. The predicted octanol–water partition coefficient (Wildman–Crippen LogP) is 5.65. The van der Waals surface area contributed by atoms with Crippen molar-refractivity contribution < 1.29 is 50.9 Å². The molecule has 272 valence electrons. The van der Waals surface area contributed by atoms with E-state index < -0.39 is 29.7 Å². The minimum absolute atomic E-state index is 0.0172. The number of benzene rings is 2. The van der Waals surface area contributed by atoms with E-state index in [9.17, 15) is 31.1 Å². The molecule has 0 saturated heterocycles. The first kappa shape index (κ1) is 39.3. The quantitative estimate of drug-likeness (QED) is 0.105. The molecular weight excluding hydrogens is 676 g/mol. The summed E-state index contributed by atoms with van der Waals surface area (Å²) >= 11 is 0. The second-order valence-electron chi connectivity index (χ2n) is 11.8. The lowest BCUT2D eigenvalue weighted by atomic mass is 9.78. The van der Waals surface area contributed by atoms with Gasteiger partial charge in [0.05, 0.1) is 23.0 Å². The maximum atomic E-state index is 13.7. The third kappa shape index (κ3) is 10.7. The SMILES string of the molecule is Cc1ccc2nc(NC(=O)C3(c4ccccc4)CCCC3)nc(NC3CCCCC3N=C(N)N)c2c1.O=C(O)C(F)(F)F.O=C(O)C(F)(F)F. The van der Waals surface area contributed by atoms with Crippen molar-refractivity contribution in [2.45, 2.75) is 88.1 Å². The van der Waals surface area contributed by atoms with E-state index in [0.29, 0.717) is 11.8 Å². The molecule has 2 aromatic carbocycles. The van der Waals surface area contributed by atoms with Gasteiger partial charge in [-0.05, 0) is 50.3 Å². The fraction of sp³-hybridized carbons (Fsp3) is 0.438. The number of aryl methyl sites for hydroxylation is 1. The van der Waals surface area contributed by atoms with Gasteiger partial charge in [0.25, 0.3) is 0 Å². The Morgan fingerprint density at radius 1 is 0.860 bits per heavy atom. The molecule has 50 heavy (non-hydrogen) atoms. The summed E-state index contributed by atoms with van der Waals surface area (Å²) in [7, 11) is 0. The highest BCUT2D eigenvalue weighted by molar-refractivity contribution is 6.00. The summed E-state index contributed by atoms with van der Waals surface area (Å²) in [6, 6.07) is 16.2. The molecule has 0 aliphatic heterocycles. The van der Waals surface area contributed by atoms with Gasteiger partial charge >= 0.3 is 24.3 Å². The fourth-order valence-electron chi connectivity index (χ4n) is 5.81. The van der Waals surface area contributed by atoms with Crippen LogP contribution >= 0.6 is 0 Å². The van der Waals surface area contributed by atoms with E-state index in [4.69, 9.17) is 41.2 Å². The summed E-state index contributed by atoms with van der Waals surface area (Å²) in [5, 5.41) is 21.9. The highest BCUT2D eigenvalue weighted by Crippen LogP contribution is 2.42. The summed E-state index contributed by atoms with van der Waals surface area (Å²) in [4.78, 5) is 45.6. The predicted molar refractivity (Wildman–Crippen MR) is 172 cm³/mol. The van der Waals surface area contributed by atoms with Crippen LogP contribution in [0.25, 0.3) is 10.9 Å². The van der Waals surface area contributed by atoms with Crippen molar-refractivity contribution >= 4 is 46.5 Å². The van der Waals surface area contributed by atoms with Crippen LogP contribution in [-0.4, -0.2) is 68.4 Å². The third-order valence-electron chi connectivity index (χ3n) is 8.15. The van der Waals surface area contributed by atoms with Crippen molar-refractivity contribution in [3.63, 3.8) is 0 Å². The molecule has 12 nitrogen and oxygen atoms in total. The van der Waals surface area contributed by atoms with E-state index in [1.54, 1.807) is 0 Å². The van der Waals surface area contributed by atoms with E-state index in [0.717, 1.165) is 73.4 Å². The summed E-state index contributed by atoms with van der Waals surface area (Å²) in [5.41, 5.74) is 13.8. The number of nitrogens with one attached hydrogen (secondary N) is 2. The number of carbonyl (C=O) groups is 3. The van der Waals surface area contributed by atoms with Crippen LogP contribution in [0.5, 0.6) is 0 Å². The first-order chi connectivity index (χ1) is 23.3. The van der Waals surface area contributed by atoms with Crippen LogP contribution in [0.1, 0.15) is 62.5 Å². The number of nitrogens with two attached hydrogens (primary N) is 2. The Labute approximate surface area is 282 Å². The molecule has 0 radical (unpaired) electrons. The second kappa shape index (κ2) is 16.5. The van der Waals surface area contributed by atoms with Gasteiger partial charge in [0.15, 0.2) is 5.96 Å². The van der Waals surface area contributed by atoms with Gasteiger partial charge in [-0.15, -0.1) is 0 Å². The standard InChI is InChI=1S/C28H35N7O.2C2HF3O2/c1-18-13-14-21-20(17-18)24(31-22-11-5-6-12-23(22)32-26(29)30)34-27(33-21)35-25(36)28(15-7-8-16-28)19-9-3-2-4-10-19;2*3-2(4,5)1(6)7/h2-4,9-10,13-14,17,22-23H,5-8,11-12,15-16H2,1H3,(H4,29,30,32)(H2,31,33,34,35,36);2*(H,6,7). The lowest BCUT2D eigenvalue weighted by molar-refractivity contribution is -0.193. The molecule has 8 N–H and O–H groups in total. The number of carboxylic acid groups (broad SMARTS) is 2. The van der Waals surface area contributed by atoms with Gasteiger partial charge < -0.3 is 27.0 Å². The van der Waals surface area contributed by atoms with E-state index >= 15 is 0 Å². The maximum Gasteiger partial charge on any atom is 0.490 e. The zero-order chi connectivity index (χ0) is 37.3. The van der Waals surface area contributed by atoms with Crippen molar-refractivity contribution in [3.05, 3.63) is 59.7 Å². The minimum atomic E-state index is -5.08. The van der Waals surface area contributed by atoms with E-state index in [1.165, 1.54) is 0 Å². The molecule has 1 aromatic heterocycles. The Morgan fingerprint density at radius 3 is 1.96 bits per heavy atom. The summed E-state index contributed by atoms with van der Waals surface area (Å²) in [6.45, 7) is 2.05. The highest BCUT2D eigenvalue weighted by atomic mass is 19.4. The molecule has 2 aliphatic rings. The van der Waals surface area contributed by atoms with Gasteiger partial charge in [-0.2, -0.15) is 31.3 Å². The number of guanidine groups is 1. The number of hydrogen-bond acceptors (Lipinski definition) is 7. The second-order valence-corrected chi connectivity index (χ2v) is 11.8. The van der Waals surface area contributed by atoms with Crippen LogP contribution in [0.4, 0.5) is 38.1 Å². The lowest BCUT2D eigenvalue weighted by Gasteiger charge is -2.30. The number of amides is 1. The number of carboxylic acids is 2. The van der Waals surface area contributed by atoms with Crippen molar-refractivity contribution in [1.29, 1.82) is 0 Å². The van der Waals surface area contributed by atoms with Gasteiger partial charge in [0, 0.05) is 5.39 Å². The van der Waals surface area contributed by atoms with E-state index in [-0.39, 0.29) is 24.0 Å². The summed E-state index contributed by atoms with van der Waals surface area (Å²) in [5.74, 6) is -4.44. The first-order valence-electron chi connectivity index (χ1n) is 15.4. The molecule has 2 saturated carbocycles. The Hall–Kier alpha value is -5.16. The molecule has 3 aromatic rings. The highest BCUT2D eigenvalue weighted by Gasteiger charge is 2.43. The number of aliphatic imine (C=N–C) groups is 1. The normalized spacial score (nSPS) is 18.4.